The van der Waals surface area contributed by atoms with E-state index in [0.29, 0.717) is 0 Å². The zero-order valence-electron chi connectivity index (χ0n) is 11.1. The summed E-state index contributed by atoms with van der Waals surface area (Å²) >= 11 is 0.859. The molecule has 1 heterocycles. The number of thioether (sulfide) groups is 1. The van der Waals surface area contributed by atoms with Crippen LogP contribution in [-0.2, 0) is 11.0 Å². The highest BCUT2D eigenvalue weighted by Gasteiger charge is 2.41. The topological polar surface area (TPSA) is 77.8 Å². The molecule has 2 atom stereocenters. The Hall–Kier alpha value is -1.90. The summed E-state index contributed by atoms with van der Waals surface area (Å²) in [6.45, 7) is -0.122. The molecule has 1 fully saturated rings. The number of amides is 1. The number of hydrogen-bond acceptors (Lipinski definition) is 3. The van der Waals surface area contributed by atoms with Gasteiger partial charge in [0.25, 0.3) is 0 Å². The molecule has 0 radical (unpaired) electrons. The molecule has 2 N–H and O–H groups in total. The minimum Gasteiger partial charge on any atom is -0.480 e. The number of alkyl halides is 3. The molecule has 1 aromatic rings. The van der Waals surface area contributed by atoms with Gasteiger partial charge < -0.3 is 10.2 Å². The first-order valence-electron chi connectivity index (χ1n) is 6.25. The minimum atomic E-state index is -4.51. The van der Waals surface area contributed by atoms with Gasteiger partial charge in [-0.25, -0.2) is 9.59 Å². The Bertz CT molecular complexity index is 571. The first kappa shape index (κ1) is 16.5. The number of aliphatic carboxylic acids is 1. The molecule has 0 aliphatic carbocycles. The van der Waals surface area contributed by atoms with Crippen LogP contribution in [0.5, 0.6) is 0 Å². The third-order valence-electron chi connectivity index (χ3n) is 3.28. The summed E-state index contributed by atoms with van der Waals surface area (Å²) in [6, 6.07) is 3.74. The second-order valence-electron chi connectivity index (χ2n) is 4.76. The van der Waals surface area contributed by atoms with Crippen molar-refractivity contribution in [1.29, 1.82) is 0 Å². The molecule has 0 spiro atoms. The quantitative estimate of drug-likeness (QED) is 0.888. The number of hydrogen-bond donors (Lipinski definition) is 2. The van der Waals surface area contributed by atoms with Crippen molar-refractivity contribution in [3.8, 4) is 0 Å². The molecule has 2 rings (SSSR count). The van der Waals surface area contributed by atoms with E-state index in [0.717, 1.165) is 22.7 Å². The molecule has 1 aliphatic rings. The predicted molar refractivity (Wildman–Crippen MR) is 71.9 cm³/mol. The van der Waals surface area contributed by atoms with E-state index in [9.17, 15) is 22.8 Å². The number of rotatable bonds is 3. The molecule has 1 aliphatic heterocycles. The largest absolute Gasteiger partial charge is 0.480 e. The van der Waals surface area contributed by atoms with Crippen molar-refractivity contribution in [1.82, 2.24) is 4.90 Å². The maximum Gasteiger partial charge on any atom is 0.417 e. The summed E-state index contributed by atoms with van der Waals surface area (Å²) in [4.78, 5) is 22.8. The zero-order valence-corrected chi connectivity index (χ0v) is 11.9. The van der Waals surface area contributed by atoms with Gasteiger partial charge in [-0.2, -0.15) is 13.2 Å². The molecule has 1 saturated heterocycles. The maximum atomic E-state index is 12.9. The summed E-state index contributed by atoms with van der Waals surface area (Å²) in [5.74, 6) is -1.30. The summed E-state index contributed by atoms with van der Waals surface area (Å²) in [7, 11) is 0. The van der Waals surface area contributed by atoms with Crippen molar-refractivity contribution in [2.45, 2.75) is 28.8 Å². The summed E-state index contributed by atoms with van der Waals surface area (Å²) in [5.41, 5.74) is -0.805. The molecule has 0 saturated carbocycles. The molecule has 1 aromatic carbocycles. The first-order valence-corrected chi connectivity index (χ1v) is 7.13. The molecule has 0 aromatic heterocycles. The van der Waals surface area contributed by atoms with E-state index in [4.69, 9.17) is 10.2 Å². The van der Waals surface area contributed by atoms with E-state index in [1.807, 2.05) is 0 Å². The summed E-state index contributed by atoms with van der Waals surface area (Å²) in [5, 5.41) is 17.4. The van der Waals surface area contributed by atoms with Gasteiger partial charge in [0.2, 0.25) is 0 Å². The average Bonchev–Trinajstić information content (AvgIpc) is 2.82. The fourth-order valence-electron chi connectivity index (χ4n) is 2.31. The van der Waals surface area contributed by atoms with Crippen LogP contribution in [0.25, 0.3) is 0 Å². The molecule has 1 amide bonds. The van der Waals surface area contributed by atoms with Crippen LogP contribution in [0.3, 0.4) is 0 Å². The molecule has 0 unspecified atom stereocenters. The normalized spacial score (nSPS) is 21.9. The number of carboxylic acids is 1. The van der Waals surface area contributed by atoms with E-state index in [2.05, 4.69) is 0 Å². The Morgan fingerprint density at radius 1 is 1.23 bits per heavy atom. The SMILES string of the molecule is O=C(O)[C@@H]1C[C@@H](Sc2ccccc2C(F)(F)F)CN1C(=O)O. The number of halogens is 3. The van der Waals surface area contributed by atoms with Crippen LogP contribution in [0, 0.1) is 0 Å². The molecule has 120 valence electrons. The lowest BCUT2D eigenvalue weighted by atomic mass is 10.2. The zero-order chi connectivity index (χ0) is 16.5. The van der Waals surface area contributed by atoms with Gasteiger partial charge in [-0.1, -0.05) is 12.1 Å². The van der Waals surface area contributed by atoms with Crippen LogP contribution in [0.1, 0.15) is 12.0 Å². The van der Waals surface area contributed by atoms with Crippen LogP contribution in [0.2, 0.25) is 0 Å². The van der Waals surface area contributed by atoms with Crippen LogP contribution in [0.4, 0.5) is 18.0 Å². The van der Waals surface area contributed by atoms with Crippen molar-refractivity contribution in [2.24, 2.45) is 0 Å². The second kappa shape index (κ2) is 6.07. The van der Waals surface area contributed by atoms with Gasteiger partial charge in [0.05, 0.1) is 5.56 Å². The van der Waals surface area contributed by atoms with Gasteiger partial charge >= 0.3 is 18.2 Å². The van der Waals surface area contributed by atoms with Crippen LogP contribution in [-0.4, -0.2) is 45.0 Å². The van der Waals surface area contributed by atoms with Crippen molar-refractivity contribution in [3.05, 3.63) is 29.8 Å². The number of carboxylic acid groups (broad SMARTS) is 2. The first-order chi connectivity index (χ1) is 10.2. The van der Waals surface area contributed by atoms with Crippen LogP contribution >= 0.6 is 11.8 Å². The Balaban J connectivity index is 2.19. The Kier molecular flexibility index (Phi) is 4.55. The lowest BCUT2D eigenvalue weighted by Crippen LogP contribution is -2.39. The van der Waals surface area contributed by atoms with E-state index in [-0.39, 0.29) is 17.9 Å². The number of nitrogens with zero attached hydrogens (tertiary/aromatic N) is 1. The van der Waals surface area contributed by atoms with Crippen LogP contribution < -0.4 is 0 Å². The molecule has 22 heavy (non-hydrogen) atoms. The van der Waals surface area contributed by atoms with Gasteiger partial charge in [-0.3, -0.25) is 4.90 Å². The predicted octanol–water partition coefficient (Wildman–Crippen LogP) is 3.00. The average molecular weight is 335 g/mol. The molecular formula is C13H12F3NO4S. The van der Waals surface area contributed by atoms with Gasteiger partial charge in [0.15, 0.2) is 0 Å². The van der Waals surface area contributed by atoms with E-state index >= 15 is 0 Å². The minimum absolute atomic E-state index is 0.0293. The third kappa shape index (κ3) is 3.46. The number of likely N-dealkylation sites (tertiary alicyclic amines) is 1. The standard InChI is InChI=1S/C13H12F3NO4S/c14-13(15,16)8-3-1-2-4-10(8)22-7-5-9(11(18)19)17(6-7)12(20)21/h1-4,7,9H,5-6H2,(H,18,19)(H,20,21)/t7-,9+/m1/s1. The third-order valence-corrected chi connectivity index (χ3v) is 4.56. The van der Waals surface area contributed by atoms with Crippen LogP contribution in [0.15, 0.2) is 29.2 Å². The van der Waals surface area contributed by atoms with Gasteiger partial charge in [0.1, 0.15) is 6.04 Å². The van der Waals surface area contributed by atoms with Crippen molar-refractivity contribution in [3.63, 3.8) is 0 Å². The smallest absolute Gasteiger partial charge is 0.417 e. The van der Waals surface area contributed by atoms with Gasteiger partial charge in [-0.05, 0) is 18.6 Å². The molecular weight excluding hydrogens is 323 g/mol. The summed E-state index contributed by atoms with van der Waals surface area (Å²) in [6.07, 6.45) is -5.93. The second-order valence-corrected chi connectivity index (χ2v) is 6.10. The van der Waals surface area contributed by atoms with Gasteiger partial charge in [-0.15, -0.1) is 11.8 Å². The monoisotopic (exact) mass is 335 g/mol. The Labute approximate surface area is 127 Å². The maximum absolute atomic E-state index is 12.9. The number of carbonyl (C=O) groups is 2. The van der Waals surface area contributed by atoms with Crippen molar-refractivity contribution < 1.29 is 33.0 Å². The highest BCUT2D eigenvalue weighted by atomic mass is 32.2. The molecule has 9 heteroatoms. The molecule has 0 bridgehead atoms. The van der Waals surface area contributed by atoms with Crippen molar-refractivity contribution in [2.75, 3.05) is 6.54 Å². The van der Waals surface area contributed by atoms with E-state index in [1.54, 1.807) is 0 Å². The van der Waals surface area contributed by atoms with E-state index < -0.39 is 35.1 Å². The highest BCUT2D eigenvalue weighted by molar-refractivity contribution is 8.00. The van der Waals surface area contributed by atoms with Crippen molar-refractivity contribution >= 4 is 23.8 Å². The Morgan fingerprint density at radius 3 is 2.36 bits per heavy atom. The fourth-order valence-corrected chi connectivity index (χ4v) is 3.65. The Morgan fingerprint density at radius 2 is 1.86 bits per heavy atom. The highest BCUT2D eigenvalue weighted by Crippen LogP contribution is 2.40. The lowest BCUT2D eigenvalue weighted by molar-refractivity contribution is -0.141. The fraction of sp³-hybridized carbons (Fsp3) is 0.385. The molecule has 5 nitrogen and oxygen atoms in total. The summed E-state index contributed by atoms with van der Waals surface area (Å²) < 4.78 is 38.8. The van der Waals surface area contributed by atoms with E-state index in [1.165, 1.54) is 18.2 Å². The lowest BCUT2D eigenvalue weighted by Gasteiger charge is -2.17. The number of benzene rings is 1. The van der Waals surface area contributed by atoms with Gasteiger partial charge in [0, 0.05) is 16.7 Å².